The van der Waals surface area contributed by atoms with E-state index in [0.717, 1.165) is 0 Å². The second-order valence-corrected chi connectivity index (χ2v) is 7.69. The van der Waals surface area contributed by atoms with Crippen LogP contribution in [0.1, 0.15) is 26.8 Å². The van der Waals surface area contributed by atoms with Crippen LogP contribution in [-0.4, -0.2) is 30.8 Å². The van der Waals surface area contributed by atoms with Gasteiger partial charge in [0.25, 0.3) is 10.0 Å². The Morgan fingerprint density at radius 3 is 2.78 bits per heavy atom. The van der Waals surface area contributed by atoms with Gasteiger partial charge in [0, 0.05) is 18.3 Å². The molecule has 124 valence electrons. The summed E-state index contributed by atoms with van der Waals surface area (Å²) in [6, 6.07) is 3.90. The SMILES string of the molecule is CC1CN(S(=O)(=O)c2cnn(C(C)C)c2)c2ccc(F)cc2O1. The normalized spacial score (nSPS) is 18.0. The van der Waals surface area contributed by atoms with Gasteiger partial charge >= 0.3 is 0 Å². The fraction of sp³-hybridized carbons (Fsp3) is 0.400. The molecule has 0 fully saturated rings. The molecule has 1 atom stereocenters. The zero-order valence-electron chi connectivity index (χ0n) is 13.1. The highest BCUT2D eigenvalue weighted by atomic mass is 32.2. The van der Waals surface area contributed by atoms with E-state index in [4.69, 9.17) is 4.74 Å². The molecule has 3 rings (SSSR count). The van der Waals surface area contributed by atoms with Crippen LogP contribution in [0.2, 0.25) is 0 Å². The molecule has 1 aliphatic rings. The van der Waals surface area contributed by atoms with Crippen molar-refractivity contribution in [1.82, 2.24) is 9.78 Å². The van der Waals surface area contributed by atoms with Crippen LogP contribution in [-0.2, 0) is 10.0 Å². The second-order valence-electron chi connectivity index (χ2n) is 5.83. The Bertz CT molecular complexity index is 832. The van der Waals surface area contributed by atoms with E-state index in [0.29, 0.717) is 5.69 Å². The predicted octanol–water partition coefficient (Wildman–Crippen LogP) is 2.58. The largest absolute Gasteiger partial charge is 0.487 e. The van der Waals surface area contributed by atoms with Gasteiger partial charge in [-0.05, 0) is 32.9 Å². The van der Waals surface area contributed by atoms with E-state index in [1.54, 1.807) is 11.6 Å². The van der Waals surface area contributed by atoms with Crippen molar-refractivity contribution >= 4 is 15.7 Å². The van der Waals surface area contributed by atoms with Crippen molar-refractivity contribution in [2.75, 3.05) is 10.8 Å². The molecule has 0 N–H and O–H groups in total. The van der Waals surface area contributed by atoms with Crippen LogP contribution in [0.5, 0.6) is 5.75 Å². The summed E-state index contributed by atoms with van der Waals surface area (Å²) >= 11 is 0. The lowest BCUT2D eigenvalue weighted by molar-refractivity contribution is 0.218. The highest BCUT2D eigenvalue weighted by molar-refractivity contribution is 7.92. The van der Waals surface area contributed by atoms with E-state index in [1.807, 2.05) is 13.8 Å². The molecule has 0 amide bonds. The van der Waals surface area contributed by atoms with Crippen LogP contribution in [0.25, 0.3) is 0 Å². The minimum absolute atomic E-state index is 0.0592. The number of nitrogens with zero attached hydrogens (tertiary/aromatic N) is 3. The second kappa shape index (κ2) is 5.52. The first-order valence-electron chi connectivity index (χ1n) is 7.32. The Labute approximate surface area is 134 Å². The quantitative estimate of drug-likeness (QED) is 0.862. The van der Waals surface area contributed by atoms with Gasteiger partial charge in [0.2, 0.25) is 0 Å². The van der Waals surface area contributed by atoms with Gasteiger partial charge in [-0.1, -0.05) is 0 Å². The van der Waals surface area contributed by atoms with E-state index < -0.39 is 15.8 Å². The Kier molecular flexibility index (Phi) is 3.79. The zero-order valence-corrected chi connectivity index (χ0v) is 13.9. The van der Waals surface area contributed by atoms with Crippen LogP contribution >= 0.6 is 0 Å². The predicted molar refractivity (Wildman–Crippen MR) is 83.6 cm³/mol. The number of anilines is 1. The van der Waals surface area contributed by atoms with Crippen molar-refractivity contribution < 1.29 is 17.5 Å². The standard InChI is InChI=1S/C15H18FN3O3S/c1-10(2)18-9-13(7-17-18)23(20,21)19-8-11(3)22-15-6-12(16)4-5-14(15)19/h4-7,9-11H,8H2,1-3H3. The van der Waals surface area contributed by atoms with E-state index >= 15 is 0 Å². The van der Waals surface area contributed by atoms with Gasteiger partial charge in [-0.3, -0.25) is 8.99 Å². The number of ether oxygens (including phenoxy) is 1. The molecule has 8 heteroatoms. The third kappa shape index (κ3) is 2.78. The molecule has 0 saturated heterocycles. The van der Waals surface area contributed by atoms with Gasteiger partial charge in [-0.15, -0.1) is 0 Å². The van der Waals surface area contributed by atoms with Crippen LogP contribution in [0, 0.1) is 5.82 Å². The summed E-state index contributed by atoms with van der Waals surface area (Å²) in [6.07, 6.45) is 2.46. The lowest BCUT2D eigenvalue weighted by Gasteiger charge is -2.33. The molecule has 0 spiro atoms. The molecule has 1 unspecified atom stereocenters. The topological polar surface area (TPSA) is 64.4 Å². The molecular formula is C15H18FN3O3S. The smallest absolute Gasteiger partial charge is 0.267 e. The summed E-state index contributed by atoms with van der Waals surface area (Å²) in [4.78, 5) is 0.107. The van der Waals surface area contributed by atoms with Crippen LogP contribution < -0.4 is 9.04 Å². The highest BCUT2D eigenvalue weighted by Gasteiger charge is 2.34. The van der Waals surface area contributed by atoms with Crippen molar-refractivity contribution in [3.05, 3.63) is 36.4 Å². The number of halogens is 1. The maximum Gasteiger partial charge on any atom is 0.267 e. The third-order valence-electron chi connectivity index (χ3n) is 3.64. The fourth-order valence-corrected chi connectivity index (χ4v) is 3.96. The Morgan fingerprint density at radius 1 is 1.39 bits per heavy atom. The fourth-order valence-electron chi connectivity index (χ4n) is 2.47. The van der Waals surface area contributed by atoms with E-state index in [9.17, 15) is 12.8 Å². The highest BCUT2D eigenvalue weighted by Crippen LogP contribution is 2.37. The molecule has 23 heavy (non-hydrogen) atoms. The molecule has 0 saturated carbocycles. The van der Waals surface area contributed by atoms with E-state index in [2.05, 4.69) is 5.10 Å². The van der Waals surface area contributed by atoms with Crippen molar-refractivity contribution in [2.24, 2.45) is 0 Å². The summed E-state index contributed by atoms with van der Waals surface area (Å²) in [7, 11) is -3.79. The number of sulfonamides is 1. The number of fused-ring (bicyclic) bond motifs is 1. The molecular weight excluding hydrogens is 321 g/mol. The molecule has 1 aromatic heterocycles. The molecule has 0 radical (unpaired) electrons. The number of benzene rings is 1. The average molecular weight is 339 g/mol. The van der Waals surface area contributed by atoms with Gasteiger partial charge < -0.3 is 4.74 Å². The first-order valence-corrected chi connectivity index (χ1v) is 8.76. The number of rotatable bonds is 3. The summed E-state index contributed by atoms with van der Waals surface area (Å²) in [5.74, 6) is -0.244. The molecule has 0 aliphatic carbocycles. The van der Waals surface area contributed by atoms with Crippen LogP contribution in [0.4, 0.5) is 10.1 Å². The lowest BCUT2D eigenvalue weighted by atomic mass is 10.2. The van der Waals surface area contributed by atoms with Crippen molar-refractivity contribution in [3.8, 4) is 5.75 Å². The van der Waals surface area contributed by atoms with Crippen LogP contribution in [0.3, 0.4) is 0 Å². The monoisotopic (exact) mass is 339 g/mol. The summed E-state index contributed by atoms with van der Waals surface area (Å²) in [5.41, 5.74) is 0.335. The van der Waals surface area contributed by atoms with Gasteiger partial charge in [0.05, 0.1) is 18.4 Å². The Hall–Kier alpha value is -2.09. The number of aromatic nitrogens is 2. The molecule has 6 nitrogen and oxygen atoms in total. The minimum Gasteiger partial charge on any atom is -0.487 e. The van der Waals surface area contributed by atoms with Crippen LogP contribution in [0.15, 0.2) is 35.5 Å². The van der Waals surface area contributed by atoms with Gasteiger partial charge in [0.15, 0.2) is 0 Å². The minimum atomic E-state index is -3.79. The van der Waals surface area contributed by atoms with Gasteiger partial charge in [-0.25, -0.2) is 12.8 Å². The Morgan fingerprint density at radius 2 is 2.13 bits per heavy atom. The summed E-state index contributed by atoms with van der Waals surface area (Å²) < 4.78 is 47.7. The summed E-state index contributed by atoms with van der Waals surface area (Å²) in [5, 5.41) is 4.09. The molecule has 1 aliphatic heterocycles. The first-order chi connectivity index (χ1) is 10.8. The van der Waals surface area contributed by atoms with Crippen molar-refractivity contribution in [3.63, 3.8) is 0 Å². The molecule has 1 aromatic carbocycles. The Balaban J connectivity index is 2.06. The first kappa shape index (κ1) is 15.8. The van der Waals surface area contributed by atoms with Crippen molar-refractivity contribution in [1.29, 1.82) is 0 Å². The van der Waals surface area contributed by atoms with E-state index in [1.165, 1.54) is 34.9 Å². The number of hydrogen-bond acceptors (Lipinski definition) is 4. The summed E-state index contributed by atoms with van der Waals surface area (Å²) in [6.45, 7) is 5.73. The lowest BCUT2D eigenvalue weighted by Crippen LogP contribution is -2.42. The van der Waals surface area contributed by atoms with Crippen molar-refractivity contribution in [2.45, 2.75) is 37.8 Å². The van der Waals surface area contributed by atoms with E-state index in [-0.39, 0.29) is 29.3 Å². The van der Waals surface area contributed by atoms with Gasteiger partial charge in [-0.2, -0.15) is 5.10 Å². The number of hydrogen-bond donors (Lipinski definition) is 0. The third-order valence-corrected chi connectivity index (χ3v) is 5.37. The molecule has 2 aromatic rings. The molecule has 0 bridgehead atoms. The maximum absolute atomic E-state index is 13.4. The van der Waals surface area contributed by atoms with Gasteiger partial charge in [0.1, 0.15) is 22.6 Å². The zero-order chi connectivity index (χ0) is 16.8. The maximum atomic E-state index is 13.4. The average Bonchev–Trinajstić information content (AvgIpc) is 2.96. The molecule has 2 heterocycles.